The zero-order chi connectivity index (χ0) is 13.8. The fraction of sp³-hybridized carbons (Fsp3) is 0.438. The van der Waals surface area contributed by atoms with Gasteiger partial charge in [0.1, 0.15) is 0 Å². The van der Waals surface area contributed by atoms with Gasteiger partial charge in [-0.25, -0.2) is 9.97 Å². The van der Waals surface area contributed by atoms with E-state index in [4.69, 9.17) is 4.98 Å². The van der Waals surface area contributed by atoms with E-state index in [1.165, 1.54) is 17.7 Å². The molecule has 4 nitrogen and oxygen atoms in total. The molecule has 1 aliphatic carbocycles. The Morgan fingerprint density at radius 3 is 3.10 bits per heavy atom. The number of hydrogen-bond donors (Lipinski definition) is 1. The Kier molecular flexibility index (Phi) is 4.02. The van der Waals surface area contributed by atoms with Gasteiger partial charge in [-0.05, 0) is 56.0 Å². The number of hydrogen-bond acceptors (Lipinski definition) is 4. The second-order valence-electron chi connectivity index (χ2n) is 5.32. The van der Waals surface area contributed by atoms with Crippen molar-refractivity contribution in [1.82, 2.24) is 20.3 Å². The van der Waals surface area contributed by atoms with E-state index < -0.39 is 0 Å². The summed E-state index contributed by atoms with van der Waals surface area (Å²) in [4.78, 5) is 13.4. The summed E-state index contributed by atoms with van der Waals surface area (Å²) < 4.78 is 0. The number of pyridine rings is 1. The molecule has 104 valence electrons. The molecule has 1 N–H and O–H groups in total. The van der Waals surface area contributed by atoms with Gasteiger partial charge in [-0.3, -0.25) is 4.98 Å². The molecule has 3 rings (SSSR count). The van der Waals surface area contributed by atoms with Crippen molar-refractivity contribution in [2.45, 2.75) is 26.2 Å². The van der Waals surface area contributed by atoms with Gasteiger partial charge in [0.15, 0.2) is 5.82 Å². The Balaban J connectivity index is 1.78. The van der Waals surface area contributed by atoms with E-state index in [9.17, 15) is 0 Å². The zero-order valence-corrected chi connectivity index (χ0v) is 11.8. The third-order valence-electron chi connectivity index (χ3n) is 3.85. The van der Waals surface area contributed by atoms with Gasteiger partial charge in [-0.1, -0.05) is 6.92 Å². The van der Waals surface area contributed by atoms with Crippen LogP contribution in [-0.2, 0) is 12.8 Å². The highest BCUT2D eigenvalue weighted by Gasteiger charge is 2.20. The van der Waals surface area contributed by atoms with Crippen LogP contribution in [0.5, 0.6) is 0 Å². The van der Waals surface area contributed by atoms with Crippen molar-refractivity contribution < 1.29 is 0 Å². The lowest BCUT2D eigenvalue weighted by molar-refractivity contribution is 0.425. The highest BCUT2D eigenvalue weighted by molar-refractivity contribution is 5.53. The van der Waals surface area contributed by atoms with Crippen LogP contribution in [0.1, 0.15) is 24.6 Å². The number of fused-ring (bicyclic) bond motifs is 1. The minimum atomic E-state index is 0.718. The van der Waals surface area contributed by atoms with Gasteiger partial charge in [0, 0.05) is 29.8 Å². The van der Waals surface area contributed by atoms with Crippen LogP contribution in [-0.4, -0.2) is 28.0 Å². The van der Waals surface area contributed by atoms with Crippen LogP contribution in [0.2, 0.25) is 0 Å². The van der Waals surface area contributed by atoms with Gasteiger partial charge in [-0.15, -0.1) is 0 Å². The van der Waals surface area contributed by atoms with Crippen molar-refractivity contribution in [3.05, 3.63) is 42.0 Å². The summed E-state index contributed by atoms with van der Waals surface area (Å²) in [5.41, 5.74) is 3.52. The molecule has 0 saturated carbocycles. The molecular weight excluding hydrogens is 248 g/mol. The van der Waals surface area contributed by atoms with Crippen LogP contribution in [0, 0.1) is 5.92 Å². The van der Waals surface area contributed by atoms with Crippen molar-refractivity contribution in [1.29, 1.82) is 0 Å². The van der Waals surface area contributed by atoms with Gasteiger partial charge in [0.25, 0.3) is 0 Å². The first-order valence-electron chi connectivity index (χ1n) is 7.32. The smallest absolute Gasteiger partial charge is 0.160 e. The summed E-state index contributed by atoms with van der Waals surface area (Å²) >= 11 is 0. The Bertz CT molecular complexity index is 568. The molecule has 0 aromatic carbocycles. The molecule has 0 bridgehead atoms. The van der Waals surface area contributed by atoms with Crippen LogP contribution in [0.15, 0.2) is 30.7 Å². The van der Waals surface area contributed by atoms with Crippen LogP contribution in [0.25, 0.3) is 11.4 Å². The molecular formula is C16H20N4. The van der Waals surface area contributed by atoms with Gasteiger partial charge in [0.2, 0.25) is 0 Å². The van der Waals surface area contributed by atoms with E-state index in [1.807, 2.05) is 24.5 Å². The molecule has 20 heavy (non-hydrogen) atoms. The molecule has 0 amide bonds. The maximum absolute atomic E-state index is 4.73. The number of aryl methyl sites for hydroxylation is 1. The molecule has 2 aromatic heterocycles. The lowest BCUT2D eigenvalue weighted by Crippen LogP contribution is -2.27. The lowest BCUT2D eigenvalue weighted by Gasteiger charge is -2.24. The number of nitrogens with one attached hydrogen (secondary N) is 1. The van der Waals surface area contributed by atoms with E-state index in [-0.39, 0.29) is 0 Å². The Labute approximate surface area is 119 Å². The van der Waals surface area contributed by atoms with Gasteiger partial charge in [0.05, 0.1) is 0 Å². The first-order chi connectivity index (χ1) is 9.86. The maximum atomic E-state index is 4.73. The molecule has 4 heteroatoms. The van der Waals surface area contributed by atoms with Crippen molar-refractivity contribution in [3.63, 3.8) is 0 Å². The molecule has 0 radical (unpaired) electrons. The van der Waals surface area contributed by atoms with Crippen LogP contribution in [0.4, 0.5) is 0 Å². The second-order valence-corrected chi connectivity index (χ2v) is 5.32. The third kappa shape index (κ3) is 2.85. The van der Waals surface area contributed by atoms with Gasteiger partial charge < -0.3 is 5.32 Å². The van der Waals surface area contributed by atoms with E-state index in [1.54, 1.807) is 6.20 Å². The largest absolute Gasteiger partial charge is 0.317 e. The minimum absolute atomic E-state index is 0.718. The fourth-order valence-corrected chi connectivity index (χ4v) is 2.74. The number of rotatable bonds is 4. The molecule has 0 saturated heterocycles. The predicted octanol–water partition coefficient (Wildman–Crippen LogP) is 2.25. The minimum Gasteiger partial charge on any atom is -0.317 e. The van der Waals surface area contributed by atoms with E-state index >= 15 is 0 Å². The summed E-state index contributed by atoms with van der Waals surface area (Å²) in [6.45, 7) is 4.29. The quantitative estimate of drug-likeness (QED) is 0.924. The van der Waals surface area contributed by atoms with Crippen molar-refractivity contribution in [2.24, 2.45) is 5.92 Å². The Hall–Kier alpha value is -1.81. The van der Waals surface area contributed by atoms with Crippen LogP contribution < -0.4 is 5.32 Å². The molecule has 0 spiro atoms. The van der Waals surface area contributed by atoms with Crippen LogP contribution in [0.3, 0.4) is 0 Å². The maximum Gasteiger partial charge on any atom is 0.160 e. The Morgan fingerprint density at radius 1 is 1.35 bits per heavy atom. The van der Waals surface area contributed by atoms with Crippen LogP contribution >= 0.6 is 0 Å². The zero-order valence-electron chi connectivity index (χ0n) is 11.8. The highest BCUT2D eigenvalue weighted by Crippen LogP contribution is 2.25. The van der Waals surface area contributed by atoms with Gasteiger partial charge >= 0.3 is 0 Å². The van der Waals surface area contributed by atoms with E-state index in [2.05, 4.69) is 22.2 Å². The summed E-state index contributed by atoms with van der Waals surface area (Å²) in [6.07, 6.45) is 8.95. The van der Waals surface area contributed by atoms with Crippen molar-refractivity contribution in [2.75, 3.05) is 13.1 Å². The summed E-state index contributed by atoms with van der Waals surface area (Å²) in [7, 11) is 0. The molecule has 1 unspecified atom stereocenters. The molecule has 0 aliphatic heterocycles. The van der Waals surface area contributed by atoms with E-state index in [0.717, 1.165) is 43.2 Å². The first kappa shape index (κ1) is 13.2. The number of nitrogens with zero attached hydrogens (tertiary/aromatic N) is 3. The highest BCUT2D eigenvalue weighted by atomic mass is 14.9. The fourth-order valence-electron chi connectivity index (χ4n) is 2.74. The SMILES string of the molecule is CCNCC1CCc2nc(-c3cccnc3)ncc2C1. The molecule has 2 aromatic rings. The first-order valence-corrected chi connectivity index (χ1v) is 7.32. The monoisotopic (exact) mass is 268 g/mol. The lowest BCUT2D eigenvalue weighted by atomic mass is 9.87. The Morgan fingerprint density at radius 2 is 2.30 bits per heavy atom. The van der Waals surface area contributed by atoms with Crippen molar-refractivity contribution in [3.8, 4) is 11.4 Å². The standard InChI is InChI=1S/C16H20N4/c1-2-17-9-12-5-6-15-14(8-12)11-19-16(20-15)13-4-3-7-18-10-13/h3-4,7,10-12,17H,2,5-6,8-9H2,1H3. The average Bonchev–Trinajstić information content (AvgIpc) is 2.53. The van der Waals surface area contributed by atoms with E-state index in [0.29, 0.717) is 0 Å². The predicted molar refractivity (Wildman–Crippen MR) is 79.3 cm³/mol. The average molecular weight is 268 g/mol. The second kappa shape index (κ2) is 6.09. The third-order valence-corrected chi connectivity index (χ3v) is 3.85. The van der Waals surface area contributed by atoms with Crippen molar-refractivity contribution >= 4 is 0 Å². The number of aromatic nitrogens is 3. The summed E-state index contributed by atoms with van der Waals surface area (Å²) in [5, 5.41) is 3.44. The molecule has 1 aliphatic rings. The molecule has 0 fully saturated rings. The normalized spacial score (nSPS) is 17.8. The topological polar surface area (TPSA) is 50.7 Å². The summed E-state index contributed by atoms with van der Waals surface area (Å²) in [6, 6.07) is 3.93. The summed E-state index contributed by atoms with van der Waals surface area (Å²) in [5.74, 6) is 1.51. The van der Waals surface area contributed by atoms with Gasteiger partial charge in [-0.2, -0.15) is 0 Å². The molecule has 1 atom stereocenters. The molecule has 2 heterocycles.